The van der Waals surface area contributed by atoms with E-state index in [-0.39, 0.29) is 11.4 Å². The zero-order chi connectivity index (χ0) is 10.5. The molecule has 0 spiro atoms. The molecule has 0 amide bonds. The second-order valence-corrected chi connectivity index (χ2v) is 4.91. The number of carbonyl (C=O) groups is 1. The van der Waals surface area contributed by atoms with Crippen LogP contribution in [0.1, 0.15) is 34.6 Å². The van der Waals surface area contributed by atoms with E-state index in [1.54, 1.807) is 6.92 Å². The molecule has 0 aromatic heterocycles. The quantitative estimate of drug-likeness (QED) is 0.462. The molecular weight excluding hydrogens is 168 g/mol. The van der Waals surface area contributed by atoms with Crippen LogP contribution in [0.2, 0.25) is 0 Å². The van der Waals surface area contributed by atoms with E-state index < -0.39 is 11.2 Å². The minimum absolute atomic E-state index is 0.0596. The third kappa shape index (κ3) is 1.17. The molecule has 0 aromatic rings. The number of ether oxygens (including phenoxy) is 2. The molecular formula is C10H18O3. The summed E-state index contributed by atoms with van der Waals surface area (Å²) in [7, 11) is 1.39. The van der Waals surface area contributed by atoms with Crippen LogP contribution in [0.4, 0.5) is 0 Å². The van der Waals surface area contributed by atoms with Gasteiger partial charge in [-0.15, -0.1) is 0 Å². The molecule has 3 nitrogen and oxygen atoms in total. The van der Waals surface area contributed by atoms with E-state index >= 15 is 0 Å². The lowest BCUT2D eigenvalue weighted by molar-refractivity contribution is -0.146. The lowest BCUT2D eigenvalue weighted by Crippen LogP contribution is -2.39. The zero-order valence-electron chi connectivity index (χ0n) is 9.22. The molecule has 2 unspecified atom stereocenters. The van der Waals surface area contributed by atoms with Crippen LogP contribution in [-0.4, -0.2) is 24.3 Å². The maximum Gasteiger partial charge on any atom is 0.340 e. The molecule has 0 bridgehead atoms. The average Bonchev–Trinajstić information content (AvgIpc) is 2.55. The number of rotatable bonds is 1. The largest absolute Gasteiger partial charge is 0.467 e. The van der Waals surface area contributed by atoms with Gasteiger partial charge in [0.1, 0.15) is 5.60 Å². The Morgan fingerprint density at radius 1 is 1.31 bits per heavy atom. The Kier molecular flexibility index (Phi) is 2.00. The summed E-state index contributed by atoms with van der Waals surface area (Å²) in [6.45, 7) is 9.90. The molecule has 1 aliphatic rings. The summed E-state index contributed by atoms with van der Waals surface area (Å²) in [4.78, 5) is 11.4. The summed E-state index contributed by atoms with van der Waals surface area (Å²) < 4.78 is 10.2. The molecule has 0 saturated carbocycles. The Balaban J connectivity index is 2.88. The van der Waals surface area contributed by atoms with E-state index in [1.165, 1.54) is 7.11 Å². The Hall–Kier alpha value is -0.570. The molecule has 3 heteroatoms. The maximum absolute atomic E-state index is 11.4. The Morgan fingerprint density at radius 3 is 2.00 bits per heavy atom. The van der Waals surface area contributed by atoms with Gasteiger partial charge in [-0.1, -0.05) is 20.8 Å². The monoisotopic (exact) mass is 186 g/mol. The van der Waals surface area contributed by atoms with Gasteiger partial charge in [-0.05, 0) is 19.3 Å². The van der Waals surface area contributed by atoms with Gasteiger partial charge in [-0.2, -0.15) is 0 Å². The van der Waals surface area contributed by atoms with Crippen molar-refractivity contribution in [2.45, 2.75) is 45.8 Å². The van der Waals surface area contributed by atoms with Crippen molar-refractivity contribution in [1.82, 2.24) is 0 Å². The highest BCUT2D eigenvalue weighted by molar-refractivity contribution is 5.84. The fraction of sp³-hybridized carbons (Fsp3) is 0.900. The Bertz CT molecular complexity index is 241. The first-order chi connectivity index (χ1) is 5.69. The van der Waals surface area contributed by atoms with Gasteiger partial charge in [-0.3, -0.25) is 0 Å². The van der Waals surface area contributed by atoms with Gasteiger partial charge in [0.2, 0.25) is 0 Å². The number of esters is 1. The fourth-order valence-electron chi connectivity index (χ4n) is 1.68. The first-order valence-electron chi connectivity index (χ1n) is 4.47. The Morgan fingerprint density at radius 2 is 1.77 bits per heavy atom. The number of hydrogen-bond donors (Lipinski definition) is 0. The molecule has 1 rings (SSSR count). The highest BCUT2D eigenvalue weighted by Gasteiger charge is 2.74. The van der Waals surface area contributed by atoms with Crippen LogP contribution in [0.25, 0.3) is 0 Å². The fourth-order valence-corrected chi connectivity index (χ4v) is 1.68. The molecule has 1 heterocycles. The van der Waals surface area contributed by atoms with Gasteiger partial charge in [0.25, 0.3) is 0 Å². The van der Waals surface area contributed by atoms with Crippen molar-refractivity contribution in [3.63, 3.8) is 0 Å². The normalized spacial score (nSPS) is 38.6. The van der Waals surface area contributed by atoms with Gasteiger partial charge in [0.05, 0.1) is 7.11 Å². The van der Waals surface area contributed by atoms with E-state index in [0.29, 0.717) is 0 Å². The minimum Gasteiger partial charge on any atom is -0.467 e. The minimum atomic E-state index is -0.764. The number of epoxide rings is 1. The predicted octanol–water partition coefficient (Wildman–Crippen LogP) is 1.75. The topological polar surface area (TPSA) is 38.8 Å². The average molecular weight is 186 g/mol. The van der Waals surface area contributed by atoms with Crippen LogP contribution >= 0.6 is 0 Å². The van der Waals surface area contributed by atoms with Crippen LogP contribution in [0.5, 0.6) is 0 Å². The maximum atomic E-state index is 11.4. The highest BCUT2D eigenvalue weighted by Crippen LogP contribution is 2.58. The molecule has 0 radical (unpaired) electrons. The molecule has 1 saturated heterocycles. The summed E-state index contributed by atoms with van der Waals surface area (Å²) in [5, 5.41) is 0. The van der Waals surface area contributed by atoms with Crippen molar-refractivity contribution in [3.05, 3.63) is 0 Å². The van der Waals surface area contributed by atoms with Crippen molar-refractivity contribution in [1.29, 1.82) is 0 Å². The third-order valence-electron chi connectivity index (χ3n) is 3.28. The second-order valence-electron chi connectivity index (χ2n) is 4.91. The van der Waals surface area contributed by atoms with E-state index in [1.807, 2.05) is 6.92 Å². The van der Waals surface area contributed by atoms with Crippen molar-refractivity contribution < 1.29 is 14.3 Å². The summed E-state index contributed by atoms with van der Waals surface area (Å²) in [5.41, 5.74) is -1.23. The SMILES string of the molecule is COC(=O)C1(C)OC1(C)C(C)(C)C. The molecule has 0 aromatic carbocycles. The molecule has 1 fully saturated rings. The second kappa shape index (κ2) is 2.47. The standard InChI is InChI=1S/C10H18O3/c1-8(2,3)10(5)9(4,13-10)7(11)12-6/h1-6H3. The number of methoxy groups -OCH3 is 1. The van der Waals surface area contributed by atoms with Crippen LogP contribution in [0.15, 0.2) is 0 Å². The van der Waals surface area contributed by atoms with Gasteiger partial charge >= 0.3 is 5.97 Å². The van der Waals surface area contributed by atoms with Crippen molar-refractivity contribution >= 4 is 5.97 Å². The lowest BCUT2D eigenvalue weighted by atomic mass is 9.75. The molecule has 13 heavy (non-hydrogen) atoms. The van der Waals surface area contributed by atoms with E-state index in [2.05, 4.69) is 20.8 Å². The Labute approximate surface area is 79.4 Å². The van der Waals surface area contributed by atoms with E-state index in [9.17, 15) is 4.79 Å². The highest BCUT2D eigenvalue weighted by atomic mass is 16.7. The third-order valence-corrected chi connectivity index (χ3v) is 3.28. The van der Waals surface area contributed by atoms with Gasteiger partial charge in [0, 0.05) is 0 Å². The smallest absolute Gasteiger partial charge is 0.340 e. The summed E-state index contributed by atoms with van der Waals surface area (Å²) in [6.07, 6.45) is 0. The summed E-state index contributed by atoms with van der Waals surface area (Å²) >= 11 is 0. The van der Waals surface area contributed by atoms with E-state index in [0.717, 1.165) is 0 Å². The first-order valence-corrected chi connectivity index (χ1v) is 4.47. The van der Waals surface area contributed by atoms with Crippen LogP contribution < -0.4 is 0 Å². The van der Waals surface area contributed by atoms with Gasteiger partial charge < -0.3 is 9.47 Å². The van der Waals surface area contributed by atoms with Crippen LogP contribution in [0, 0.1) is 5.41 Å². The molecule has 0 N–H and O–H groups in total. The zero-order valence-corrected chi connectivity index (χ0v) is 9.22. The van der Waals surface area contributed by atoms with Crippen LogP contribution in [0.3, 0.4) is 0 Å². The van der Waals surface area contributed by atoms with Gasteiger partial charge in [0.15, 0.2) is 5.60 Å². The molecule has 76 valence electrons. The number of carbonyl (C=O) groups excluding carboxylic acids is 1. The van der Waals surface area contributed by atoms with Gasteiger partial charge in [-0.25, -0.2) is 4.79 Å². The predicted molar refractivity (Wildman–Crippen MR) is 49.4 cm³/mol. The lowest BCUT2D eigenvalue weighted by Gasteiger charge is -2.25. The molecule has 1 aliphatic heterocycles. The molecule has 2 atom stereocenters. The van der Waals surface area contributed by atoms with Crippen molar-refractivity contribution in [2.24, 2.45) is 5.41 Å². The molecule has 0 aliphatic carbocycles. The first kappa shape index (κ1) is 10.5. The van der Waals surface area contributed by atoms with E-state index in [4.69, 9.17) is 9.47 Å². The van der Waals surface area contributed by atoms with Crippen molar-refractivity contribution in [3.8, 4) is 0 Å². The van der Waals surface area contributed by atoms with Crippen LogP contribution in [-0.2, 0) is 14.3 Å². The van der Waals surface area contributed by atoms with Crippen molar-refractivity contribution in [2.75, 3.05) is 7.11 Å². The summed E-state index contributed by atoms with van der Waals surface area (Å²) in [5.74, 6) is -0.287. The summed E-state index contributed by atoms with van der Waals surface area (Å²) in [6, 6.07) is 0. The number of hydrogen-bond acceptors (Lipinski definition) is 3.